The Morgan fingerprint density at radius 1 is 0.946 bits per heavy atom. The first kappa shape index (κ1) is 24.4. The van der Waals surface area contributed by atoms with Crippen LogP contribution in [0.25, 0.3) is 5.76 Å². The summed E-state index contributed by atoms with van der Waals surface area (Å²) in [4.78, 5) is 30.0. The Kier molecular flexibility index (Phi) is 6.83. The Morgan fingerprint density at radius 3 is 2.43 bits per heavy atom. The minimum absolute atomic E-state index is 0.0253. The molecule has 1 amide bonds. The average Bonchev–Trinajstić information content (AvgIpc) is 3.17. The molecular formula is C29H28N2O6. The molecule has 1 unspecified atom stereocenters. The first-order valence-corrected chi connectivity index (χ1v) is 12.1. The lowest BCUT2D eigenvalue weighted by molar-refractivity contribution is -0.140. The molecule has 3 aromatic rings. The van der Waals surface area contributed by atoms with Gasteiger partial charge >= 0.3 is 0 Å². The highest BCUT2D eigenvalue weighted by Crippen LogP contribution is 2.42. The minimum atomic E-state index is -0.785. The van der Waals surface area contributed by atoms with Crippen LogP contribution in [0, 0.1) is 0 Å². The molecule has 1 N–H and O–H groups in total. The summed E-state index contributed by atoms with van der Waals surface area (Å²) in [6.07, 6.45) is 0. The number of likely N-dealkylation sites (N-methyl/N-ethyl adjacent to an activating group) is 1. The van der Waals surface area contributed by atoms with Crippen LogP contribution in [0.3, 0.4) is 0 Å². The number of aliphatic hydroxyl groups excluding tert-OH is 1. The highest BCUT2D eigenvalue weighted by Gasteiger charge is 2.46. The number of rotatable bonds is 7. The van der Waals surface area contributed by atoms with E-state index in [2.05, 4.69) is 0 Å². The lowest BCUT2D eigenvalue weighted by Gasteiger charge is -2.27. The summed E-state index contributed by atoms with van der Waals surface area (Å²) in [5.74, 6) is 0.621. The highest BCUT2D eigenvalue weighted by molar-refractivity contribution is 6.46. The Hall–Kier alpha value is -4.30. The number of carbonyl (C=O) groups is 2. The standard InChI is InChI=1S/C29H28N2O6/c1-30(2)13-14-31-26(19-7-6-10-22(17-19)37-21-8-4-3-5-9-21)25(28(33)29(31)34)27(32)20-11-12-23-24(18-20)36-16-15-35-23/h3-12,17-18,26,32H,13-16H2,1-2H3. The number of ether oxygens (including phenoxy) is 3. The predicted molar refractivity (Wildman–Crippen MR) is 138 cm³/mol. The van der Waals surface area contributed by atoms with Gasteiger partial charge in [0, 0.05) is 18.7 Å². The monoisotopic (exact) mass is 500 g/mol. The molecular weight excluding hydrogens is 472 g/mol. The molecule has 1 fully saturated rings. The van der Waals surface area contributed by atoms with Gasteiger partial charge in [0.15, 0.2) is 11.5 Å². The molecule has 0 aliphatic carbocycles. The van der Waals surface area contributed by atoms with E-state index in [0.29, 0.717) is 60.4 Å². The molecule has 2 aliphatic rings. The van der Waals surface area contributed by atoms with Crippen molar-refractivity contribution in [3.05, 3.63) is 89.5 Å². The van der Waals surface area contributed by atoms with E-state index in [1.165, 1.54) is 4.90 Å². The third-order valence-electron chi connectivity index (χ3n) is 6.30. The lowest BCUT2D eigenvalue weighted by Crippen LogP contribution is -2.35. The van der Waals surface area contributed by atoms with Crippen LogP contribution in [0.1, 0.15) is 17.2 Å². The number of benzene rings is 3. The molecule has 190 valence electrons. The summed E-state index contributed by atoms with van der Waals surface area (Å²) in [6, 6.07) is 20.8. The van der Waals surface area contributed by atoms with Crippen molar-refractivity contribution in [2.45, 2.75) is 6.04 Å². The van der Waals surface area contributed by atoms with E-state index in [4.69, 9.17) is 14.2 Å². The van der Waals surface area contributed by atoms with Crippen LogP contribution in [0.15, 0.2) is 78.4 Å². The van der Waals surface area contributed by atoms with Gasteiger partial charge in [-0.15, -0.1) is 0 Å². The van der Waals surface area contributed by atoms with E-state index in [1.54, 1.807) is 24.3 Å². The van der Waals surface area contributed by atoms with Crippen molar-refractivity contribution in [2.24, 2.45) is 0 Å². The average molecular weight is 501 g/mol. The molecule has 1 saturated heterocycles. The molecule has 0 spiro atoms. The second-order valence-corrected chi connectivity index (χ2v) is 9.14. The molecule has 1 atom stereocenters. The number of fused-ring (bicyclic) bond motifs is 1. The summed E-state index contributed by atoms with van der Waals surface area (Å²) in [5.41, 5.74) is 1.05. The van der Waals surface area contributed by atoms with Gasteiger partial charge < -0.3 is 29.1 Å². The van der Waals surface area contributed by atoms with E-state index >= 15 is 0 Å². The van der Waals surface area contributed by atoms with Crippen molar-refractivity contribution in [1.29, 1.82) is 0 Å². The SMILES string of the molecule is CN(C)CCN1C(=O)C(=O)C(=C(O)c2ccc3c(c2)OCCO3)C1c1cccc(Oc2ccccc2)c1. The number of ketones is 1. The first-order chi connectivity index (χ1) is 17.9. The summed E-state index contributed by atoms with van der Waals surface area (Å²) in [7, 11) is 3.80. The van der Waals surface area contributed by atoms with Crippen molar-refractivity contribution >= 4 is 17.4 Å². The number of Topliss-reactive ketones (excluding diaryl/α,β-unsaturated/α-hetero) is 1. The van der Waals surface area contributed by atoms with Gasteiger partial charge in [-0.2, -0.15) is 0 Å². The van der Waals surface area contributed by atoms with Gasteiger partial charge in [0.25, 0.3) is 11.7 Å². The van der Waals surface area contributed by atoms with Gasteiger partial charge in [0.2, 0.25) is 0 Å². The topological polar surface area (TPSA) is 88.5 Å². The van der Waals surface area contributed by atoms with E-state index in [0.717, 1.165) is 0 Å². The van der Waals surface area contributed by atoms with Gasteiger partial charge in [-0.05, 0) is 62.1 Å². The van der Waals surface area contributed by atoms with Crippen LogP contribution in [0.2, 0.25) is 0 Å². The second-order valence-electron chi connectivity index (χ2n) is 9.14. The molecule has 0 radical (unpaired) electrons. The lowest BCUT2D eigenvalue weighted by atomic mass is 9.95. The zero-order chi connectivity index (χ0) is 25.9. The quantitative estimate of drug-likeness (QED) is 0.295. The number of para-hydroxylation sites is 1. The highest BCUT2D eigenvalue weighted by atomic mass is 16.6. The molecule has 3 aromatic carbocycles. The number of aliphatic hydroxyl groups is 1. The molecule has 37 heavy (non-hydrogen) atoms. The fourth-order valence-electron chi connectivity index (χ4n) is 4.48. The Bertz CT molecular complexity index is 1350. The number of likely N-dealkylation sites (tertiary alicyclic amines) is 1. The largest absolute Gasteiger partial charge is 0.507 e. The first-order valence-electron chi connectivity index (χ1n) is 12.1. The van der Waals surface area contributed by atoms with Crippen molar-refractivity contribution in [2.75, 3.05) is 40.4 Å². The Labute approximate surface area is 215 Å². The summed E-state index contributed by atoms with van der Waals surface area (Å²) >= 11 is 0. The molecule has 2 heterocycles. The maximum Gasteiger partial charge on any atom is 0.295 e. The molecule has 8 nitrogen and oxygen atoms in total. The molecule has 8 heteroatoms. The fraction of sp³-hybridized carbons (Fsp3) is 0.241. The number of hydrogen-bond donors (Lipinski definition) is 1. The van der Waals surface area contributed by atoms with Gasteiger partial charge in [0.05, 0.1) is 11.6 Å². The van der Waals surface area contributed by atoms with E-state index in [9.17, 15) is 14.7 Å². The van der Waals surface area contributed by atoms with Gasteiger partial charge in [0.1, 0.15) is 30.5 Å². The smallest absolute Gasteiger partial charge is 0.295 e. The minimum Gasteiger partial charge on any atom is -0.507 e. The molecule has 0 saturated carbocycles. The number of hydrogen-bond acceptors (Lipinski definition) is 7. The van der Waals surface area contributed by atoms with Gasteiger partial charge in [-0.25, -0.2) is 0 Å². The third-order valence-corrected chi connectivity index (χ3v) is 6.30. The van der Waals surface area contributed by atoms with Crippen LogP contribution in [0.4, 0.5) is 0 Å². The molecule has 0 aromatic heterocycles. The number of nitrogens with zero attached hydrogens (tertiary/aromatic N) is 2. The van der Waals surface area contributed by atoms with Crippen LogP contribution in [0.5, 0.6) is 23.0 Å². The maximum absolute atomic E-state index is 13.3. The van der Waals surface area contributed by atoms with Crippen LogP contribution in [-0.2, 0) is 9.59 Å². The zero-order valence-corrected chi connectivity index (χ0v) is 20.7. The summed E-state index contributed by atoms with van der Waals surface area (Å²) < 4.78 is 17.2. The van der Waals surface area contributed by atoms with Crippen LogP contribution >= 0.6 is 0 Å². The normalized spacial score (nSPS) is 18.4. The zero-order valence-electron chi connectivity index (χ0n) is 20.7. The van der Waals surface area contributed by atoms with E-state index in [1.807, 2.05) is 67.5 Å². The number of amides is 1. The van der Waals surface area contributed by atoms with E-state index < -0.39 is 17.7 Å². The van der Waals surface area contributed by atoms with Crippen molar-refractivity contribution in [3.8, 4) is 23.0 Å². The Balaban J connectivity index is 1.58. The maximum atomic E-state index is 13.3. The second kappa shape index (κ2) is 10.4. The molecule has 2 aliphatic heterocycles. The third kappa shape index (κ3) is 5.01. The van der Waals surface area contributed by atoms with Crippen molar-refractivity contribution < 1.29 is 28.9 Å². The van der Waals surface area contributed by atoms with Crippen LogP contribution < -0.4 is 14.2 Å². The molecule has 0 bridgehead atoms. The van der Waals surface area contributed by atoms with E-state index in [-0.39, 0.29) is 11.3 Å². The van der Waals surface area contributed by atoms with Crippen LogP contribution in [-0.4, -0.2) is 67.0 Å². The van der Waals surface area contributed by atoms with Crippen molar-refractivity contribution in [1.82, 2.24) is 9.80 Å². The van der Waals surface area contributed by atoms with Gasteiger partial charge in [-0.1, -0.05) is 30.3 Å². The molecule has 5 rings (SSSR count). The Morgan fingerprint density at radius 2 is 1.68 bits per heavy atom. The van der Waals surface area contributed by atoms with Crippen molar-refractivity contribution in [3.63, 3.8) is 0 Å². The fourth-order valence-corrected chi connectivity index (χ4v) is 4.48. The van der Waals surface area contributed by atoms with Gasteiger partial charge in [-0.3, -0.25) is 9.59 Å². The number of carbonyl (C=O) groups excluding carboxylic acids is 2. The summed E-state index contributed by atoms with van der Waals surface area (Å²) in [5, 5.41) is 11.4. The predicted octanol–water partition coefficient (Wildman–Crippen LogP) is 4.23. The summed E-state index contributed by atoms with van der Waals surface area (Å²) in [6.45, 7) is 1.69.